The van der Waals surface area contributed by atoms with Gasteiger partial charge < -0.3 is 24.8 Å². The van der Waals surface area contributed by atoms with Gasteiger partial charge in [0.15, 0.2) is 5.13 Å². The first-order valence-electron chi connectivity index (χ1n) is 13.5. The quantitative estimate of drug-likeness (QED) is 0.393. The Bertz CT molecular complexity index is 1430. The van der Waals surface area contributed by atoms with E-state index in [1.165, 1.54) is 17.4 Å². The summed E-state index contributed by atoms with van der Waals surface area (Å²) in [6, 6.07) is 11.9. The summed E-state index contributed by atoms with van der Waals surface area (Å²) >= 11 is 1.20. The Morgan fingerprint density at radius 1 is 1.07 bits per heavy atom. The van der Waals surface area contributed by atoms with Gasteiger partial charge in [0, 0.05) is 48.9 Å². The Balaban J connectivity index is 1.11. The molecule has 3 aromatic rings. The zero-order chi connectivity index (χ0) is 29.9. The topological polar surface area (TPSA) is 95.1 Å². The van der Waals surface area contributed by atoms with Crippen LogP contribution in [0.5, 0.6) is 5.75 Å². The highest BCUT2D eigenvalue weighted by Gasteiger charge is 2.35. The van der Waals surface area contributed by atoms with Gasteiger partial charge in [-0.15, -0.1) is 11.3 Å². The molecule has 3 amide bonds. The van der Waals surface area contributed by atoms with Crippen LogP contribution in [0.15, 0.2) is 53.9 Å². The Morgan fingerprint density at radius 2 is 1.79 bits per heavy atom. The van der Waals surface area contributed by atoms with E-state index in [1.54, 1.807) is 52.6 Å². The van der Waals surface area contributed by atoms with E-state index in [1.807, 2.05) is 4.90 Å². The van der Waals surface area contributed by atoms with Crippen molar-refractivity contribution in [1.82, 2.24) is 14.8 Å². The summed E-state index contributed by atoms with van der Waals surface area (Å²) < 4.78 is 44.4. The van der Waals surface area contributed by atoms with Crippen molar-refractivity contribution in [2.45, 2.75) is 31.5 Å². The normalized spacial score (nSPS) is 15.3. The number of hydrogen-bond donors (Lipinski definition) is 1. The molecule has 1 saturated heterocycles. The maximum atomic E-state index is 13.1. The van der Waals surface area contributed by atoms with Crippen molar-refractivity contribution in [3.05, 3.63) is 70.7 Å². The van der Waals surface area contributed by atoms with Crippen LogP contribution in [0.1, 0.15) is 34.5 Å². The van der Waals surface area contributed by atoms with Gasteiger partial charge in [-0.1, -0.05) is 6.07 Å². The van der Waals surface area contributed by atoms with Gasteiger partial charge in [0.2, 0.25) is 11.8 Å². The Morgan fingerprint density at radius 3 is 2.43 bits per heavy atom. The van der Waals surface area contributed by atoms with Crippen LogP contribution < -0.4 is 15.0 Å². The number of nitrogens with zero attached hydrogens (tertiary/aromatic N) is 4. The minimum absolute atomic E-state index is 0.0175. The van der Waals surface area contributed by atoms with Crippen molar-refractivity contribution in [1.29, 1.82) is 0 Å². The lowest BCUT2D eigenvalue weighted by molar-refractivity contribution is -0.137. The number of amides is 3. The van der Waals surface area contributed by atoms with Crippen LogP contribution in [-0.2, 0) is 22.2 Å². The molecule has 13 heteroatoms. The fourth-order valence-corrected chi connectivity index (χ4v) is 5.50. The molecule has 5 rings (SSSR count). The van der Waals surface area contributed by atoms with E-state index < -0.39 is 11.7 Å². The predicted molar refractivity (Wildman–Crippen MR) is 152 cm³/mol. The van der Waals surface area contributed by atoms with Gasteiger partial charge in [-0.05, 0) is 55.3 Å². The van der Waals surface area contributed by atoms with Crippen molar-refractivity contribution in [2.24, 2.45) is 0 Å². The van der Waals surface area contributed by atoms with Crippen molar-refractivity contribution in [3.8, 4) is 5.75 Å². The van der Waals surface area contributed by atoms with Crippen molar-refractivity contribution >= 4 is 39.9 Å². The van der Waals surface area contributed by atoms with Crippen LogP contribution in [0.2, 0.25) is 0 Å². The third kappa shape index (κ3) is 7.19. The lowest BCUT2D eigenvalue weighted by Gasteiger charge is -2.36. The van der Waals surface area contributed by atoms with Gasteiger partial charge in [0.1, 0.15) is 12.3 Å². The van der Waals surface area contributed by atoms with Gasteiger partial charge in [-0.3, -0.25) is 14.4 Å². The lowest BCUT2D eigenvalue weighted by atomic mass is 10.1. The number of rotatable bonds is 9. The van der Waals surface area contributed by atoms with Crippen LogP contribution in [0.3, 0.4) is 0 Å². The van der Waals surface area contributed by atoms with E-state index in [-0.39, 0.29) is 36.7 Å². The van der Waals surface area contributed by atoms with Gasteiger partial charge in [0.05, 0.1) is 24.8 Å². The third-order valence-electron chi connectivity index (χ3n) is 7.20. The highest BCUT2D eigenvalue weighted by atomic mass is 32.1. The number of anilines is 2. The number of benzene rings is 2. The van der Waals surface area contributed by atoms with Crippen LogP contribution >= 0.6 is 11.3 Å². The summed E-state index contributed by atoms with van der Waals surface area (Å²) in [5, 5.41) is 4.77. The fourth-order valence-electron chi connectivity index (χ4n) is 4.77. The molecule has 2 aromatic carbocycles. The Hall–Kier alpha value is -4.13. The summed E-state index contributed by atoms with van der Waals surface area (Å²) in [5.41, 5.74) is 0.756. The summed E-state index contributed by atoms with van der Waals surface area (Å²) in [7, 11) is 1.55. The first-order valence-corrected chi connectivity index (χ1v) is 14.4. The largest absolute Gasteiger partial charge is 0.497 e. The van der Waals surface area contributed by atoms with E-state index in [9.17, 15) is 27.6 Å². The number of nitrogens with one attached hydrogen (secondary N) is 1. The molecule has 1 saturated carbocycles. The monoisotopic (exact) mass is 601 g/mol. The number of aromatic nitrogens is 1. The summed E-state index contributed by atoms with van der Waals surface area (Å²) in [6.45, 7) is 1.47. The molecule has 1 N–H and O–H groups in total. The number of halogens is 3. The van der Waals surface area contributed by atoms with Gasteiger partial charge in [-0.25, -0.2) is 4.98 Å². The maximum Gasteiger partial charge on any atom is 0.416 e. The number of hydrogen-bond acceptors (Lipinski definition) is 7. The maximum absolute atomic E-state index is 13.1. The molecule has 0 atom stereocenters. The lowest BCUT2D eigenvalue weighted by Crippen LogP contribution is -2.49. The highest BCUT2D eigenvalue weighted by Crippen LogP contribution is 2.32. The van der Waals surface area contributed by atoms with Crippen LogP contribution in [0.4, 0.5) is 24.0 Å². The smallest absolute Gasteiger partial charge is 0.416 e. The van der Waals surface area contributed by atoms with Crippen LogP contribution in [-0.4, -0.2) is 78.4 Å². The number of alkyl halides is 3. The van der Waals surface area contributed by atoms with Gasteiger partial charge in [0.25, 0.3) is 5.91 Å². The molecule has 0 spiro atoms. The van der Waals surface area contributed by atoms with E-state index in [4.69, 9.17) is 4.74 Å². The first kappa shape index (κ1) is 29.4. The average Bonchev–Trinajstić information content (AvgIpc) is 3.75. The minimum atomic E-state index is -4.41. The van der Waals surface area contributed by atoms with Crippen LogP contribution in [0.25, 0.3) is 0 Å². The van der Waals surface area contributed by atoms with Crippen LogP contribution in [0, 0.1) is 0 Å². The molecule has 1 aliphatic heterocycles. The molecule has 2 fully saturated rings. The molecular weight excluding hydrogens is 571 g/mol. The molecule has 2 heterocycles. The molecule has 0 radical (unpaired) electrons. The number of carbonyl (C=O) groups is 3. The number of ether oxygens (including phenoxy) is 1. The van der Waals surface area contributed by atoms with Gasteiger partial charge >= 0.3 is 6.18 Å². The molecule has 1 aromatic heterocycles. The SMILES string of the molecule is COc1ccc(C(=O)N(CC(=O)Nc2nc(CC(=O)N3CCN(c4cccc(C(F)(F)F)c4)CC3)cs2)C2CC2)cc1. The van der Waals surface area contributed by atoms with E-state index in [2.05, 4.69) is 10.3 Å². The third-order valence-corrected chi connectivity index (χ3v) is 8.01. The summed E-state index contributed by atoms with van der Waals surface area (Å²) in [5.74, 6) is -0.111. The number of carbonyl (C=O) groups excluding carboxylic acids is 3. The Labute approximate surface area is 244 Å². The molecule has 9 nitrogen and oxygen atoms in total. The minimum Gasteiger partial charge on any atom is -0.497 e. The van der Waals surface area contributed by atoms with Gasteiger partial charge in [-0.2, -0.15) is 13.2 Å². The molecular formula is C29H30F3N5O4S. The van der Waals surface area contributed by atoms with E-state index >= 15 is 0 Å². The fraction of sp³-hybridized carbons (Fsp3) is 0.379. The van der Waals surface area contributed by atoms with Crippen molar-refractivity contribution < 1.29 is 32.3 Å². The second-order valence-electron chi connectivity index (χ2n) is 10.2. The average molecular weight is 602 g/mol. The summed E-state index contributed by atoms with van der Waals surface area (Å²) in [4.78, 5) is 48.2. The first-order chi connectivity index (χ1) is 20.1. The standard InChI is InChI=1S/C29H30F3N5O4S/c1-41-24-9-5-19(6-10-24)27(40)37(22-7-8-22)17-25(38)34-28-33-21(18-42-28)16-26(39)36-13-11-35(12-14-36)23-4-2-3-20(15-23)29(30,31)32/h2-6,9-10,15,18,22H,7-8,11-14,16-17H2,1H3,(H,33,34,38). The highest BCUT2D eigenvalue weighted by molar-refractivity contribution is 7.13. The zero-order valence-electron chi connectivity index (χ0n) is 22.9. The number of methoxy groups -OCH3 is 1. The Kier molecular flexibility index (Phi) is 8.66. The molecule has 2 aliphatic rings. The molecule has 1 aliphatic carbocycles. The van der Waals surface area contributed by atoms with E-state index in [0.717, 1.165) is 25.0 Å². The van der Waals surface area contributed by atoms with Crippen molar-refractivity contribution in [2.75, 3.05) is 50.1 Å². The van der Waals surface area contributed by atoms with E-state index in [0.29, 0.717) is 54.0 Å². The molecule has 222 valence electrons. The zero-order valence-corrected chi connectivity index (χ0v) is 23.7. The molecule has 42 heavy (non-hydrogen) atoms. The number of piperazine rings is 1. The van der Waals surface area contributed by atoms with Crippen molar-refractivity contribution in [3.63, 3.8) is 0 Å². The second-order valence-corrected chi connectivity index (χ2v) is 11.0. The molecule has 0 unspecified atom stereocenters. The predicted octanol–water partition coefficient (Wildman–Crippen LogP) is 4.31. The molecule has 0 bridgehead atoms. The summed E-state index contributed by atoms with van der Waals surface area (Å²) in [6.07, 6.45) is -2.69. The number of thiazole rings is 1. The second kappa shape index (κ2) is 12.4.